The molecule has 5 heterocycles. The number of carbonyl (C=O) groups is 6. The number of aromatic amines is 2. The van der Waals surface area contributed by atoms with Crippen LogP contribution in [-0.2, 0) is 35.0 Å². The lowest BCUT2D eigenvalue weighted by molar-refractivity contribution is -0.137. The number of hydrogen-bond donors (Lipinski definition) is 4. The Balaban J connectivity index is 1.03. The van der Waals surface area contributed by atoms with Crippen molar-refractivity contribution in [2.45, 2.75) is 65.6 Å². The van der Waals surface area contributed by atoms with E-state index in [2.05, 4.69) is 9.97 Å². The number of nitrogens with one attached hydrogen (secondary N) is 2. The quantitative estimate of drug-likeness (QED) is 0.0462. The Morgan fingerprint density at radius 1 is 0.394 bits per heavy atom. The zero-order valence-corrected chi connectivity index (χ0v) is 51.7. The Hall–Kier alpha value is -11.8. The van der Waals surface area contributed by atoms with Gasteiger partial charge in [-0.15, -0.1) is 0 Å². The molecule has 2 aliphatic heterocycles. The Labute approximate surface area is 538 Å². The third-order valence-corrected chi connectivity index (χ3v) is 17.6. The molecule has 0 saturated carbocycles. The lowest BCUT2D eigenvalue weighted by atomic mass is 9.99. The predicted molar refractivity (Wildman–Crippen MR) is 362 cm³/mol. The number of aliphatic carboxylic acids is 2. The summed E-state index contributed by atoms with van der Waals surface area (Å²) in [5.41, 5.74) is 8.95. The monoisotopic (exact) mass is 1250 g/mol. The Kier molecular flexibility index (Phi) is 16.8. The highest BCUT2D eigenvalue weighted by Gasteiger charge is 2.33. The van der Waals surface area contributed by atoms with Crippen LogP contribution in [0.25, 0.3) is 87.4 Å². The van der Waals surface area contributed by atoms with E-state index >= 15 is 0 Å². The average molecular weight is 1250 g/mol. The standard InChI is InChI=1S/C78H62N4O12/c1-43-59(29-31-71(83)84)65-40-66-60(30-32-72(85)86)44(2)62(80-66)38-67-74(70(94-78(90)58-28-24-50-16-8-12-20-54(50)36-58)42-92-76(88)56-26-22-48-14-6-10-18-52(48)34-56)46(4)64(82-67)39-68-73(45(3)63(81-68)37-61(43)79-65)69(93-77(89)57-27-23-49-15-7-11-19-53(49)35-57)41-91-75(87)55-25-21-47-13-5-9-17-51(47)33-55/h5-28,33-40,69-70,80-81H,29-32,41-42H2,1-4H3,(H,83,84)(H,85,86). The zero-order chi connectivity index (χ0) is 65.3. The molecule has 2 atom stereocenters. The minimum atomic E-state index is -1.33. The molecular weight excluding hydrogens is 1180 g/mol. The maximum absolute atomic E-state index is 14.8. The number of nitrogens with zero attached hydrogens (tertiary/aromatic N) is 2. The van der Waals surface area contributed by atoms with E-state index in [1.807, 2.05) is 155 Å². The third kappa shape index (κ3) is 12.6. The van der Waals surface area contributed by atoms with Crippen LogP contribution >= 0.6 is 0 Å². The second-order valence-electron chi connectivity index (χ2n) is 23.6. The van der Waals surface area contributed by atoms with Crippen LogP contribution in [0.15, 0.2) is 194 Å². The molecule has 0 radical (unpaired) electrons. The molecular formula is C78H62N4O12. The van der Waals surface area contributed by atoms with Gasteiger partial charge in [0.1, 0.15) is 13.2 Å². The molecule has 0 amide bonds. The van der Waals surface area contributed by atoms with E-state index < -0.39 is 61.2 Å². The lowest BCUT2D eigenvalue weighted by Gasteiger charge is -2.21. The smallest absolute Gasteiger partial charge is 0.338 e. The summed E-state index contributed by atoms with van der Waals surface area (Å²) in [5.74, 6) is -4.80. The fourth-order valence-corrected chi connectivity index (χ4v) is 12.6. The van der Waals surface area contributed by atoms with Gasteiger partial charge in [-0.2, -0.15) is 0 Å². The van der Waals surface area contributed by atoms with Gasteiger partial charge in [-0.25, -0.2) is 29.1 Å². The van der Waals surface area contributed by atoms with Crippen LogP contribution in [0, 0.1) is 13.8 Å². The van der Waals surface area contributed by atoms with Gasteiger partial charge in [0, 0.05) is 46.0 Å². The maximum Gasteiger partial charge on any atom is 0.338 e. The molecule has 13 rings (SSSR count). The van der Waals surface area contributed by atoms with Crippen molar-refractivity contribution in [3.8, 4) is 0 Å². The van der Waals surface area contributed by atoms with Crippen LogP contribution in [0.3, 0.4) is 0 Å². The van der Waals surface area contributed by atoms with Gasteiger partial charge in [0.05, 0.1) is 45.0 Å². The molecule has 0 fully saturated rings. The second kappa shape index (κ2) is 25.8. The van der Waals surface area contributed by atoms with Crippen LogP contribution < -0.4 is 0 Å². The topological polar surface area (TPSA) is 237 Å². The molecule has 0 aliphatic carbocycles. The molecule has 0 spiro atoms. The van der Waals surface area contributed by atoms with E-state index in [1.165, 1.54) is 0 Å². The molecule has 0 saturated heterocycles. The minimum Gasteiger partial charge on any atom is -0.481 e. The number of benzene rings is 8. The third-order valence-electron chi connectivity index (χ3n) is 17.6. The van der Waals surface area contributed by atoms with Crippen LogP contribution in [0.5, 0.6) is 0 Å². The van der Waals surface area contributed by atoms with Crippen molar-refractivity contribution >= 4 is 123 Å². The summed E-state index contributed by atoms with van der Waals surface area (Å²) in [6.07, 6.45) is -2.85. The molecule has 16 heteroatoms. The van der Waals surface area contributed by atoms with Gasteiger partial charge in [-0.05, 0) is 190 Å². The Morgan fingerprint density at radius 2 is 0.777 bits per heavy atom. The van der Waals surface area contributed by atoms with Gasteiger partial charge < -0.3 is 39.1 Å². The number of carbonyl (C=O) groups excluding carboxylic acids is 4. The first kappa shape index (κ1) is 61.1. The number of carboxylic acids is 2. The molecule has 8 bridgehead atoms. The van der Waals surface area contributed by atoms with E-state index in [0.717, 1.165) is 43.1 Å². The molecule has 16 nitrogen and oxygen atoms in total. The zero-order valence-electron chi connectivity index (χ0n) is 51.7. The van der Waals surface area contributed by atoms with Crippen molar-refractivity contribution in [2.24, 2.45) is 0 Å². The van der Waals surface area contributed by atoms with E-state index in [-0.39, 0.29) is 53.6 Å². The highest BCUT2D eigenvalue weighted by atomic mass is 16.6. The molecule has 2 unspecified atom stereocenters. The van der Waals surface area contributed by atoms with Crippen LogP contribution in [0.1, 0.15) is 126 Å². The van der Waals surface area contributed by atoms with Gasteiger partial charge in [0.2, 0.25) is 0 Å². The van der Waals surface area contributed by atoms with E-state index in [4.69, 9.17) is 28.9 Å². The van der Waals surface area contributed by atoms with Gasteiger partial charge >= 0.3 is 35.8 Å². The van der Waals surface area contributed by atoms with Crippen LogP contribution in [-0.4, -0.2) is 85.3 Å². The summed E-state index contributed by atoms with van der Waals surface area (Å²) in [5, 5.41) is 27.0. The Bertz CT molecular complexity index is 5230. The number of ether oxygens (including phenoxy) is 4. The molecule has 2 aliphatic rings. The molecule has 94 heavy (non-hydrogen) atoms. The fraction of sp³-hybridized carbons (Fsp3) is 0.154. The summed E-state index contributed by atoms with van der Waals surface area (Å²) < 4.78 is 25.6. The SMILES string of the molecule is CC1=C(CCC(=O)O)c2cc3[nH]c(cc4nc(cc5[nH]c(cc1n2)c(C)c5C(COC(=O)c1ccc2ccccc2c1)OC(=O)c1ccc2ccccc2c1)C(C)=C4C(COC(=O)c1ccc2ccccc2c1)OC(=O)c1ccc2ccccc2c1)c(C)c3CCC(=O)O. The fourth-order valence-electron chi connectivity index (χ4n) is 12.6. The average Bonchev–Trinajstić information content (AvgIpc) is 1.63. The minimum absolute atomic E-state index is 0.105. The van der Waals surface area contributed by atoms with Crippen molar-refractivity contribution in [1.82, 2.24) is 19.9 Å². The van der Waals surface area contributed by atoms with Crippen molar-refractivity contribution < 1.29 is 57.9 Å². The normalized spacial score (nSPS) is 12.9. The number of allylic oxidation sites excluding steroid dienone is 3. The van der Waals surface area contributed by atoms with E-state index in [1.54, 1.807) is 66.7 Å². The number of H-pyrrole nitrogens is 2. The maximum atomic E-state index is 14.8. The summed E-state index contributed by atoms with van der Waals surface area (Å²) in [6, 6.07) is 58.5. The van der Waals surface area contributed by atoms with Gasteiger partial charge in [0.25, 0.3) is 0 Å². The van der Waals surface area contributed by atoms with Crippen molar-refractivity contribution in [2.75, 3.05) is 13.2 Å². The van der Waals surface area contributed by atoms with Gasteiger partial charge in [0.15, 0.2) is 12.2 Å². The first-order chi connectivity index (χ1) is 45.5. The summed E-state index contributed by atoms with van der Waals surface area (Å²) in [6.45, 7) is 6.42. The van der Waals surface area contributed by atoms with E-state index in [0.29, 0.717) is 83.7 Å². The van der Waals surface area contributed by atoms with Crippen molar-refractivity contribution in [3.63, 3.8) is 0 Å². The number of esters is 4. The number of aromatic nitrogens is 4. The summed E-state index contributed by atoms with van der Waals surface area (Å²) >= 11 is 0. The summed E-state index contributed by atoms with van der Waals surface area (Å²) in [7, 11) is 0. The van der Waals surface area contributed by atoms with Crippen LogP contribution in [0.2, 0.25) is 0 Å². The van der Waals surface area contributed by atoms with Crippen LogP contribution in [0.4, 0.5) is 0 Å². The largest absolute Gasteiger partial charge is 0.481 e. The molecule has 11 aromatic rings. The first-order valence-electron chi connectivity index (χ1n) is 30.8. The predicted octanol–water partition coefficient (Wildman–Crippen LogP) is 16.1. The number of rotatable bonds is 18. The van der Waals surface area contributed by atoms with Gasteiger partial charge in [-0.3, -0.25) is 9.59 Å². The number of aryl methyl sites for hydroxylation is 3. The molecule has 8 aromatic carbocycles. The number of hydrogen-bond acceptors (Lipinski definition) is 12. The molecule has 4 N–H and O–H groups in total. The number of fused-ring (bicyclic) bond motifs is 12. The highest BCUT2D eigenvalue weighted by molar-refractivity contribution is 6.02. The summed E-state index contributed by atoms with van der Waals surface area (Å²) in [4.78, 5) is 100. The van der Waals surface area contributed by atoms with Gasteiger partial charge in [-0.1, -0.05) is 121 Å². The lowest BCUT2D eigenvalue weighted by Crippen LogP contribution is -2.27. The van der Waals surface area contributed by atoms with E-state index in [9.17, 15) is 39.0 Å². The van der Waals surface area contributed by atoms with Crippen molar-refractivity contribution in [3.05, 3.63) is 261 Å². The second-order valence-corrected chi connectivity index (χ2v) is 23.6. The first-order valence-corrected chi connectivity index (χ1v) is 30.8. The molecule has 3 aromatic heterocycles. The number of carboxylic acid groups (broad SMARTS) is 2. The highest BCUT2D eigenvalue weighted by Crippen LogP contribution is 2.40. The Morgan fingerprint density at radius 3 is 1.28 bits per heavy atom. The van der Waals surface area contributed by atoms with Crippen molar-refractivity contribution in [1.29, 1.82) is 0 Å². The molecule has 466 valence electrons.